The van der Waals surface area contributed by atoms with Crippen LogP contribution in [0.5, 0.6) is 0 Å². The zero-order chi connectivity index (χ0) is 16.9. The SMILES string of the molecule is CC1[C@@H]2[C@H](C(=O)O)[C@@]1(c1ccccc1)[C@H]2C(=O)OC1CCCCC1. The number of hydrogen-bond acceptors (Lipinski definition) is 3. The molecule has 0 radical (unpaired) electrons. The maximum absolute atomic E-state index is 12.8. The molecule has 1 aromatic carbocycles. The third-order valence-corrected chi connectivity index (χ3v) is 6.76. The van der Waals surface area contributed by atoms with Crippen LogP contribution in [0.1, 0.15) is 44.6 Å². The number of rotatable bonds is 4. The zero-order valence-electron chi connectivity index (χ0n) is 14.0. The number of hydrogen-bond donors (Lipinski definition) is 1. The van der Waals surface area contributed by atoms with Crippen LogP contribution in [0.25, 0.3) is 0 Å². The van der Waals surface area contributed by atoms with E-state index in [9.17, 15) is 14.7 Å². The van der Waals surface area contributed by atoms with Crippen molar-refractivity contribution in [2.75, 3.05) is 0 Å². The summed E-state index contributed by atoms with van der Waals surface area (Å²) in [6.07, 6.45) is 5.36. The van der Waals surface area contributed by atoms with E-state index in [0.29, 0.717) is 0 Å². The van der Waals surface area contributed by atoms with E-state index in [1.54, 1.807) is 0 Å². The average molecular weight is 328 g/mol. The molecule has 1 unspecified atom stereocenters. The summed E-state index contributed by atoms with van der Waals surface area (Å²) in [5, 5.41) is 9.65. The Morgan fingerprint density at radius 1 is 1.08 bits per heavy atom. The Morgan fingerprint density at radius 3 is 2.33 bits per heavy atom. The van der Waals surface area contributed by atoms with E-state index < -0.39 is 17.3 Å². The number of carboxylic acid groups (broad SMARTS) is 1. The van der Waals surface area contributed by atoms with Gasteiger partial charge in [0, 0.05) is 5.41 Å². The van der Waals surface area contributed by atoms with Crippen LogP contribution in [-0.2, 0) is 19.7 Å². The van der Waals surface area contributed by atoms with Gasteiger partial charge in [-0.2, -0.15) is 0 Å². The van der Waals surface area contributed by atoms with Crippen molar-refractivity contribution in [3.63, 3.8) is 0 Å². The summed E-state index contributed by atoms with van der Waals surface area (Å²) < 4.78 is 5.79. The van der Waals surface area contributed by atoms with Crippen LogP contribution in [0.15, 0.2) is 30.3 Å². The second-order valence-electron chi connectivity index (χ2n) is 7.66. The molecule has 0 heterocycles. The minimum Gasteiger partial charge on any atom is -0.481 e. The highest BCUT2D eigenvalue weighted by molar-refractivity contribution is 5.88. The number of carbonyl (C=O) groups is 2. The quantitative estimate of drug-likeness (QED) is 0.861. The number of ether oxygens (including phenoxy) is 1. The Kier molecular flexibility index (Phi) is 3.66. The molecule has 2 bridgehead atoms. The maximum Gasteiger partial charge on any atom is 0.310 e. The van der Waals surface area contributed by atoms with Gasteiger partial charge in [-0.15, -0.1) is 0 Å². The van der Waals surface area contributed by atoms with Gasteiger partial charge in [0.15, 0.2) is 0 Å². The second kappa shape index (κ2) is 5.61. The molecule has 1 N–H and O–H groups in total. The highest BCUT2D eigenvalue weighted by Crippen LogP contribution is 2.76. The minimum absolute atomic E-state index is 0.0256. The zero-order valence-corrected chi connectivity index (χ0v) is 14.0. The van der Waals surface area contributed by atoms with Gasteiger partial charge in [0.25, 0.3) is 0 Å². The van der Waals surface area contributed by atoms with Gasteiger partial charge in [-0.3, -0.25) is 9.59 Å². The molecule has 1 aromatic rings. The largest absolute Gasteiger partial charge is 0.481 e. The van der Waals surface area contributed by atoms with E-state index in [4.69, 9.17) is 4.74 Å². The summed E-state index contributed by atoms with van der Waals surface area (Å²) in [6.45, 7) is 2.07. The van der Waals surface area contributed by atoms with Gasteiger partial charge >= 0.3 is 11.9 Å². The Balaban J connectivity index is 1.60. The molecular weight excluding hydrogens is 304 g/mol. The fourth-order valence-electron chi connectivity index (χ4n) is 5.62. The summed E-state index contributed by atoms with van der Waals surface area (Å²) in [7, 11) is 0. The normalized spacial score (nSPS) is 37.9. The van der Waals surface area contributed by atoms with E-state index in [-0.39, 0.29) is 29.8 Å². The van der Waals surface area contributed by atoms with Crippen LogP contribution in [0.3, 0.4) is 0 Å². The van der Waals surface area contributed by atoms with Gasteiger partial charge in [-0.1, -0.05) is 43.7 Å². The smallest absolute Gasteiger partial charge is 0.310 e. The lowest BCUT2D eigenvalue weighted by Crippen LogP contribution is -2.82. The van der Waals surface area contributed by atoms with Crippen LogP contribution < -0.4 is 0 Å². The summed E-state index contributed by atoms with van der Waals surface area (Å²) in [4.78, 5) is 24.6. The monoisotopic (exact) mass is 328 g/mol. The predicted octanol–water partition coefficient (Wildman–Crippen LogP) is 3.40. The molecule has 128 valence electrons. The molecule has 0 aliphatic heterocycles. The lowest BCUT2D eigenvalue weighted by molar-refractivity contribution is -0.262. The second-order valence-corrected chi connectivity index (χ2v) is 7.66. The summed E-state index contributed by atoms with van der Waals surface area (Å²) >= 11 is 0. The Morgan fingerprint density at radius 2 is 1.75 bits per heavy atom. The third kappa shape index (κ3) is 1.92. The van der Waals surface area contributed by atoms with Crippen LogP contribution >= 0.6 is 0 Å². The molecule has 24 heavy (non-hydrogen) atoms. The molecule has 4 heteroatoms. The third-order valence-electron chi connectivity index (χ3n) is 6.76. The topological polar surface area (TPSA) is 63.6 Å². The van der Waals surface area contributed by atoms with Gasteiger partial charge in [-0.25, -0.2) is 0 Å². The number of carboxylic acids is 1. The average Bonchev–Trinajstić information content (AvgIpc) is 2.54. The van der Waals surface area contributed by atoms with Crippen molar-refractivity contribution in [1.29, 1.82) is 0 Å². The fraction of sp³-hybridized carbons (Fsp3) is 0.600. The molecule has 4 aliphatic rings. The Bertz CT molecular complexity index is 649. The van der Waals surface area contributed by atoms with Gasteiger partial charge in [0.2, 0.25) is 0 Å². The van der Waals surface area contributed by atoms with Crippen LogP contribution in [-0.4, -0.2) is 23.1 Å². The first kappa shape index (κ1) is 15.7. The van der Waals surface area contributed by atoms with Crippen molar-refractivity contribution in [3.05, 3.63) is 35.9 Å². The van der Waals surface area contributed by atoms with Gasteiger partial charge in [-0.05, 0) is 43.1 Å². The number of aliphatic carboxylic acids is 1. The van der Waals surface area contributed by atoms with Gasteiger partial charge < -0.3 is 9.84 Å². The summed E-state index contributed by atoms with van der Waals surface area (Å²) in [6, 6.07) is 9.69. The van der Waals surface area contributed by atoms with Crippen molar-refractivity contribution >= 4 is 11.9 Å². The highest BCUT2D eigenvalue weighted by atomic mass is 16.5. The van der Waals surface area contributed by atoms with Crippen molar-refractivity contribution in [1.82, 2.24) is 0 Å². The molecule has 4 fully saturated rings. The number of esters is 1. The molecule has 5 rings (SSSR count). The molecule has 4 aliphatic carbocycles. The van der Waals surface area contributed by atoms with E-state index >= 15 is 0 Å². The molecule has 0 amide bonds. The number of benzene rings is 1. The summed E-state index contributed by atoms with van der Waals surface area (Å²) in [5.74, 6) is -1.59. The Labute approximate surface area is 142 Å². The Hall–Kier alpha value is -1.84. The van der Waals surface area contributed by atoms with Crippen LogP contribution in [0.2, 0.25) is 0 Å². The molecule has 0 aromatic heterocycles. The first-order valence-electron chi connectivity index (χ1n) is 9.07. The van der Waals surface area contributed by atoms with Crippen molar-refractivity contribution < 1.29 is 19.4 Å². The molecule has 5 atom stereocenters. The summed E-state index contributed by atoms with van der Waals surface area (Å²) in [5.41, 5.74) is 0.391. The maximum atomic E-state index is 12.8. The first-order chi connectivity index (χ1) is 11.6. The number of carbonyl (C=O) groups excluding carboxylic acids is 1. The van der Waals surface area contributed by atoms with Crippen molar-refractivity contribution in [3.8, 4) is 0 Å². The molecular formula is C20H24O4. The standard InChI is InChI=1S/C20H24O4/c1-12-15-16(18(21)22)20(12,13-8-4-2-5-9-13)17(15)19(23)24-14-10-6-3-7-11-14/h2,4-5,8-9,12,14-17H,3,6-7,10-11H2,1H3,(H,21,22)/t12?,15-,16-,17-,20-/m1/s1. The molecule has 0 spiro atoms. The lowest BCUT2D eigenvalue weighted by Gasteiger charge is -2.75. The van der Waals surface area contributed by atoms with E-state index in [1.807, 2.05) is 30.3 Å². The van der Waals surface area contributed by atoms with Crippen molar-refractivity contribution in [2.45, 2.75) is 50.5 Å². The van der Waals surface area contributed by atoms with E-state index in [0.717, 1.165) is 31.2 Å². The predicted molar refractivity (Wildman–Crippen MR) is 88.4 cm³/mol. The van der Waals surface area contributed by atoms with E-state index in [1.165, 1.54) is 6.42 Å². The first-order valence-corrected chi connectivity index (χ1v) is 9.07. The lowest BCUT2D eigenvalue weighted by atomic mass is 9.25. The van der Waals surface area contributed by atoms with Crippen LogP contribution in [0, 0.1) is 23.7 Å². The molecule has 0 saturated heterocycles. The van der Waals surface area contributed by atoms with Gasteiger partial charge in [0.05, 0.1) is 11.8 Å². The van der Waals surface area contributed by atoms with Crippen molar-refractivity contribution in [2.24, 2.45) is 23.7 Å². The van der Waals surface area contributed by atoms with E-state index in [2.05, 4.69) is 6.92 Å². The highest BCUT2D eigenvalue weighted by Gasteiger charge is 2.83. The van der Waals surface area contributed by atoms with Crippen LogP contribution in [0.4, 0.5) is 0 Å². The minimum atomic E-state index is -0.788. The van der Waals surface area contributed by atoms with Gasteiger partial charge in [0.1, 0.15) is 6.10 Å². The fourth-order valence-corrected chi connectivity index (χ4v) is 5.62. The molecule has 4 saturated carbocycles. The molecule has 4 nitrogen and oxygen atoms in total.